The Hall–Kier alpha value is -2.93. The van der Waals surface area contributed by atoms with Gasteiger partial charge in [-0.25, -0.2) is 0 Å². The maximum Gasteiger partial charge on any atom is 0.293 e. The van der Waals surface area contributed by atoms with Crippen LogP contribution in [-0.4, -0.2) is 43.2 Å². The third-order valence-corrected chi connectivity index (χ3v) is 5.20. The lowest BCUT2D eigenvalue weighted by Crippen LogP contribution is -2.37. The Kier molecular flexibility index (Phi) is 4.53. The summed E-state index contributed by atoms with van der Waals surface area (Å²) in [5.41, 5.74) is 2.84. The second-order valence-electron chi connectivity index (χ2n) is 6.92. The summed E-state index contributed by atoms with van der Waals surface area (Å²) in [5.74, 6) is -0.205. The lowest BCUT2D eigenvalue weighted by molar-refractivity contribution is -0.384. The Balaban J connectivity index is 1.69. The third-order valence-electron chi connectivity index (χ3n) is 5.20. The topological polar surface area (TPSA) is 75.9 Å². The van der Waals surface area contributed by atoms with Gasteiger partial charge in [0.1, 0.15) is 5.69 Å². The molecule has 0 bridgehead atoms. The van der Waals surface area contributed by atoms with Crippen LogP contribution in [0.15, 0.2) is 42.5 Å². The van der Waals surface area contributed by atoms with E-state index in [0.717, 1.165) is 17.7 Å². The number of anilines is 2. The summed E-state index contributed by atoms with van der Waals surface area (Å²) in [7, 11) is 0. The molecule has 1 atom stereocenters. The molecule has 1 fully saturated rings. The summed E-state index contributed by atoms with van der Waals surface area (Å²) in [6, 6.07) is 12.6. The molecule has 2 aromatic rings. The minimum Gasteiger partial charge on any atom is -0.378 e. The fourth-order valence-electron chi connectivity index (χ4n) is 3.89. The van der Waals surface area contributed by atoms with Gasteiger partial charge in [-0.05, 0) is 37.1 Å². The van der Waals surface area contributed by atoms with Crippen molar-refractivity contribution < 1.29 is 14.5 Å². The molecule has 0 aromatic heterocycles. The van der Waals surface area contributed by atoms with Gasteiger partial charge in [0.15, 0.2) is 0 Å². The number of hydrogen-bond donors (Lipinski definition) is 0. The molecule has 1 amide bonds. The van der Waals surface area contributed by atoms with E-state index in [1.165, 1.54) is 6.07 Å². The monoisotopic (exact) mass is 367 g/mol. The van der Waals surface area contributed by atoms with Gasteiger partial charge in [0.25, 0.3) is 11.6 Å². The zero-order chi connectivity index (χ0) is 19.0. The van der Waals surface area contributed by atoms with Gasteiger partial charge in [-0.1, -0.05) is 18.2 Å². The lowest BCUT2D eigenvalue weighted by Gasteiger charge is -2.29. The summed E-state index contributed by atoms with van der Waals surface area (Å²) < 4.78 is 5.32. The SMILES string of the molecule is CC1Cc2ccccc2N1C(=O)c1ccc(N2CCOCC2)c([N+](=O)[O-])c1. The van der Waals surface area contributed by atoms with Gasteiger partial charge < -0.3 is 14.5 Å². The highest BCUT2D eigenvalue weighted by molar-refractivity contribution is 6.08. The van der Waals surface area contributed by atoms with Crippen molar-refractivity contribution in [2.45, 2.75) is 19.4 Å². The Morgan fingerprint density at radius 3 is 2.63 bits per heavy atom. The highest BCUT2D eigenvalue weighted by atomic mass is 16.6. The molecule has 140 valence electrons. The van der Waals surface area contributed by atoms with Gasteiger partial charge >= 0.3 is 0 Å². The highest BCUT2D eigenvalue weighted by Gasteiger charge is 2.32. The van der Waals surface area contributed by atoms with Crippen LogP contribution >= 0.6 is 0 Å². The largest absolute Gasteiger partial charge is 0.378 e. The van der Waals surface area contributed by atoms with E-state index in [2.05, 4.69) is 0 Å². The van der Waals surface area contributed by atoms with Crippen LogP contribution in [-0.2, 0) is 11.2 Å². The van der Waals surface area contributed by atoms with Crippen LogP contribution in [0, 0.1) is 10.1 Å². The molecule has 2 aliphatic heterocycles. The smallest absolute Gasteiger partial charge is 0.293 e. The fraction of sp³-hybridized carbons (Fsp3) is 0.350. The molecule has 2 heterocycles. The van der Waals surface area contributed by atoms with Gasteiger partial charge in [-0.3, -0.25) is 14.9 Å². The summed E-state index contributed by atoms with van der Waals surface area (Å²) in [4.78, 5) is 28.1. The van der Waals surface area contributed by atoms with E-state index in [0.29, 0.717) is 37.6 Å². The van der Waals surface area contributed by atoms with Crippen LogP contribution in [0.4, 0.5) is 17.1 Å². The van der Waals surface area contributed by atoms with Crippen molar-refractivity contribution in [2.24, 2.45) is 0 Å². The number of morpholine rings is 1. The van der Waals surface area contributed by atoms with Gasteiger partial charge in [0.05, 0.1) is 18.1 Å². The molecule has 2 aromatic carbocycles. The predicted octanol–water partition coefficient (Wildman–Crippen LogP) is 3.02. The molecular formula is C20H21N3O4. The number of nitro groups is 1. The van der Waals surface area contributed by atoms with Crippen molar-refractivity contribution in [3.63, 3.8) is 0 Å². The van der Waals surface area contributed by atoms with E-state index < -0.39 is 4.92 Å². The zero-order valence-electron chi connectivity index (χ0n) is 15.1. The van der Waals surface area contributed by atoms with Crippen molar-refractivity contribution in [2.75, 3.05) is 36.1 Å². The van der Waals surface area contributed by atoms with E-state index in [-0.39, 0.29) is 17.6 Å². The second kappa shape index (κ2) is 7.00. The Morgan fingerprint density at radius 1 is 1.15 bits per heavy atom. The number of fused-ring (bicyclic) bond motifs is 1. The van der Waals surface area contributed by atoms with E-state index in [1.807, 2.05) is 36.1 Å². The molecule has 7 heteroatoms. The number of benzene rings is 2. The van der Waals surface area contributed by atoms with E-state index >= 15 is 0 Å². The Bertz CT molecular complexity index is 893. The molecule has 1 saturated heterocycles. The summed E-state index contributed by atoms with van der Waals surface area (Å²) in [6.07, 6.45) is 0.788. The standard InChI is InChI=1S/C20H21N3O4/c1-14-12-15-4-2-3-5-17(15)22(14)20(24)16-6-7-18(19(13-16)23(25)26)21-8-10-27-11-9-21/h2-7,13-14H,8-12H2,1H3. The number of hydrogen-bond acceptors (Lipinski definition) is 5. The van der Waals surface area contributed by atoms with Gasteiger partial charge in [0.2, 0.25) is 0 Å². The normalized spacial score (nSPS) is 19.1. The minimum absolute atomic E-state index is 0.0212. The first kappa shape index (κ1) is 17.5. The third kappa shape index (κ3) is 3.14. The number of ether oxygens (including phenoxy) is 1. The lowest BCUT2D eigenvalue weighted by atomic mass is 10.1. The zero-order valence-corrected chi connectivity index (χ0v) is 15.1. The van der Waals surface area contributed by atoms with Crippen LogP contribution in [0.2, 0.25) is 0 Å². The number of rotatable bonds is 3. The second-order valence-corrected chi connectivity index (χ2v) is 6.92. The first-order chi connectivity index (χ1) is 13.1. The van der Waals surface area contributed by atoms with Crippen molar-refractivity contribution >= 4 is 23.0 Å². The first-order valence-electron chi connectivity index (χ1n) is 9.09. The summed E-state index contributed by atoms with van der Waals surface area (Å²) >= 11 is 0. The Morgan fingerprint density at radius 2 is 1.89 bits per heavy atom. The molecule has 27 heavy (non-hydrogen) atoms. The van der Waals surface area contributed by atoms with E-state index in [1.54, 1.807) is 17.0 Å². The molecule has 2 aliphatic rings. The molecule has 0 N–H and O–H groups in total. The molecule has 0 aliphatic carbocycles. The van der Waals surface area contributed by atoms with Crippen molar-refractivity contribution in [3.8, 4) is 0 Å². The first-order valence-corrected chi connectivity index (χ1v) is 9.09. The number of nitrogens with zero attached hydrogens (tertiary/aromatic N) is 3. The minimum atomic E-state index is -0.414. The average molecular weight is 367 g/mol. The number of nitro benzene ring substituents is 1. The molecule has 7 nitrogen and oxygen atoms in total. The van der Waals surface area contributed by atoms with Crippen molar-refractivity contribution in [1.29, 1.82) is 0 Å². The molecular weight excluding hydrogens is 346 g/mol. The number of carbonyl (C=O) groups is 1. The molecule has 0 radical (unpaired) electrons. The number of amides is 1. The van der Waals surface area contributed by atoms with E-state index in [9.17, 15) is 14.9 Å². The van der Waals surface area contributed by atoms with Crippen LogP contribution < -0.4 is 9.80 Å². The predicted molar refractivity (Wildman–Crippen MR) is 103 cm³/mol. The van der Waals surface area contributed by atoms with Crippen LogP contribution in [0.3, 0.4) is 0 Å². The number of carbonyl (C=O) groups excluding carboxylic acids is 1. The fourth-order valence-corrected chi connectivity index (χ4v) is 3.89. The maximum absolute atomic E-state index is 13.2. The molecule has 0 saturated carbocycles. The van der Waals surface area contributed by atoms with Crippen molar-refractivity contribution in [1.82, 2.24) is 0 Å². The van der Waals surface area contributed by atoms with E-state index in [4.69, 9.17) is 4.74 Å². The number of para-hydroxylation sites is 1. The average Bonchev–Trinajstić information content (AvgIpc) is 3.03. The van der Waals surface area contributed by atoms with Crippen LogP contribution in [0.5, 0.6) is 0 Å². The molecule has 4 rings (SSSR count). The summed E-state index contributed by atoms with van der Waals surface area (Å²) in [5, 5.41) is 11.6. The van der Waals surface area contributed by atoms with Gasteiger partial charge in [-0.15, -0.1) is 0 Å². The highest BCUT2D eigenvalue weighted by Crippen LogP contribution is 2.35. The van der Waals surface area contributed by atoms with Crippen LogP contribution in [0.25, 0.3) is 0 Å². The van der Waals surface area contributed by atoms with Gasteiger partial charge in [0, 0.05) is 36.4 Å². The van der Waals surface area contributed by atoms with Crippen molar-refractivity contribution in [3.05, 3.63) is 63.7 Å². The quantitative estimate of drug-likeness (QED) is 0.616. The van der Waals surface area contributed by atoms with Gasteiger partial charge in [-0.2, -0.15) is 0 Å². The van der Waals surface area contributed by atoms with Crippen LogP contribution in [0.1, 0.15) is 22.8 Å². The Labute approximate surface area is 157 Å². The summed E-state index contributed by atoms with van der Waals surface area (Å²) in [6.45, 7) is 4.28. The molecule has 0 spiro atoms. The molecule has 1 unspecified atom stereocenters. The maximum atomic E-state index is 13.2.